The van der Waals surface area contributed by atoms with Crippen LogP contribution >= 0.6 is 0 Å². The highest BCUT2D eigenvalue weighted by atomic mass is 16.3. The van der Waals surface area contributed by atoms with Crippen LogP contribution in [0.2, 0.25) is 0 Å². The van der Waals surface area contributed by atoms with Crippen LogP contribution in [0.4, 0.5) is 0 Å². The molecular formula is C55H36O. The second-order valence-corrected chi connectivity index (χ2v) is 15.9. The first-order valence-corrected chi connectivity index (χ1v) is 19.6. The maximum absolute atomic E-state index is 6.77. The summed E-state index contributed by atoms with van der Waals surface area (Å²) < 4.78 is 6.77. The highest BCUT2D eigenvalue weighted by Gasteiger charge is 2.37. The van der Waals surface area contributed by atoms with Crippen LogP contribution in [0.5, 0.6) is 0 Å². The van der Waals surface area contributed by atoms with Gasteiger partial charge in [0.15, 0.2) is 0 Å². The monoisotopic (exact) mass is 712 g/mol. The molecule has 1 aliphatic carbocycles. The fraction of sp³-hybridized carbons (Fsp3) is 0.0545. The van der Waals surface area contributed by atoms with E-state index < -0.39 is 0 Å². The number of hydrogen-bond donors (Lipinski definition) is 0. The molecule has 56 heavy (non-hydrogen) atoms. The standard InChI is InChI=1S/C55H36O/c1-55(2)48-27-12-11-25-44(48)52-45(26-14-28-49(52)55)51-40-22-8-6-20-38(40)50(39-21-7-9-23-41(39)51)35-17-13-16-34(31-35)46-32-47-43-30-29-33-15-3-4-18-36(33)53(43)56-54(47)42-24-10-5-19-37(42)46/h3-32H,1-2H3. The van der Waals surface area contributed by atoms with E-state index in [0.717, 1.165) is 32.7 Å². The van der Waals surface area contributed by atoms with Crippen LogP contribution in [0.3, 0.4) is 0 Å². The molecule has 0 aliphatic heterocycles. The van der Waals surface area contributed by atoms with Gasteiger partial charge in [0.25, 0.3) is 0 Å². The van der Waals surface area contributed by atoms with E-state index in [4.69, 9.17) is 4.42 Å². The summed E-state index contributed by atoms with van der Waals surface area (Å²) in [7, 11) is 0. The highest BCUT2D eigenvalue weighted by molar-refractivity contribution is 6.25. The number of hydrogen-bond acceptors (Lipinski definition) is 1. The lowest BCUT2D eigenvalue weighted by Crippen LogP contribution is -2.14. The van der Waals surface area contributed by atoms with Crippen molar-refractivity contribution in [2.45, 2.75) is 19.3 Å². The molecule has 1 heteroatoms. The van der Waals surface area contributed by atoms with Gasteiger partial charge >= 0.3 is 0 Å². The van der Waals surface area contributed by atoms with Gasteiger partial charge in [-0.25, -0.2) is 0 Å². The Hall–Kier alpha value is -6.96. The van der Waals surface area contributed by atoms with Crippen LogP contribution in [0.25, 0.3) is 110 Å². The molecule has 10 aromatic carbocycles. The minimum Gasteiger partial charge on any atom is -0.455 e. The van der Waals surface area contributed by atoms with E-state index in [1.165, 1.54) is 88.0 Å². The Kier molecular flexibility index (Phi) is 6.46. The summed E-state index contributed by atoms with van der Waals surface area (Å²) in [5.74, 6) is 0. The number of rotatable bonds is 3. The Balaban J connectivity index is 1.12. The molecular weight excluding hydrogens is 677 g/mol. The van der Waals surface area contributed by atoms with E-state index in [1.54, 1.807) is 0 Å². The van der Waals surface area contributed by atoms with Crippen molar-refractivity contribution in [2.24, 2.45) is 0 Å². The molecule has 0 spiro atoms. The average Bonchev–Trinajstić information content (AvgIpc) is 3.75. The molecule has 0 unspecified atom stereocenters. The largest absolute Gasteiger partial charge is 0.455 e. The molecule has 262 valence electrons. The van der Waals surface area contributed by atoms with Crippen molar-refractivity contribution in [1.29, 1.82) is 0 Å². The van der Waals surface area contributed by atoms with E-state index in [0.29, 0.717) is 0 Å². The molecule has 0 radical (unpaired) electrons. The molecule has 0 atom stereocenters. The second-order valence-electron chi connectivity index (χ2n) is 15.9. The smallest absolute Gasteiger partial charge is 0.143 e. The maximum atomic E-state index is 6.77. The third-order valence-corrected chi connectivity index (χ3v) is 12.6. The summed E-state index contributed by atoms with van der Waals surface area (Å²) in [6.45, 7) is 4.73. The van der Waals surface area contributed by atoms with Crippen LogP contribution in [0.15, 0.2) is 186 Å². The van der Waals surface area contributed by atoms with Gasteiger partial charge in [-0.3, -0.25) is 0 Å². The van der Waals surface area contributed by atoms with Gasteiger partial charge in [0.1, 0.15) is 11.2 Å². The molecule has 0 amide bonds. The van der Waals surface area contributed by atoms with Gasteiger partial charge in [0.05, 0.1) is 0 Å². The highest BCUT2D eigenvalue weighted by Crippen LogP contribution is 2.54. The third kappa shape index (κ3) is 4.26. The number of fused-ring (bicyclic) bond motifs is 12. The van der Waals surface area contributed by atoms with Crippen LogP contribution in [0.1, 0.15) is 25.0 Å². The van der Waals surface area contributed by atoms with Crippen molar-refractivity contribution in [3.8, 4) is 44.5 Å². The predicted molar refractivity (Wildman–Crippen MR) is 238 cm³/mol. The SMILES string of the molecule is CC1(C)c2ccccc2-c2c(-c3c4ccccc4c(-c4cccc(-c5cc6c7ccc8ccccc8c7oc6c6ccccc56)c4)c4ccccc34)cccc21. The van der Waals surface area contributed by atoms with Gasteiger partial charge in [-0.1, -0.05) is 178 Å². The van der Waals surface area contributed by atoms with Crippen LogP contribution < -0.4 is 0 Å². The molecule has 12 rings (SSSR count). The third-order valence-electron chi connectivity index (χ3n) is 12.6. The summed E-state index contributed by atoms with van der Waals surface area (Å²) in [6, 6.07) is 67.1. The van der Waals surface area contributed by atoms with Gasteiger partial charge in [-0.15, -0.1) is 0 Å². The molecule has 1 nitrogen and oxygen atoms in total. The molecule has 1 heterocycles. The lowest BCUT2D eigenvalue weighted by Gasteiger charge is -2.22. The molecule has 0 saturated carbocycles. The molecule has 0 bridgehead atoms. The predicted octanol–water partition coefficient (Wildman–Crippen LogP) is 15.5. The second kappa shape index (κ2) is 11.5. The van der Waals surface area contributed by atoms with E-state index in [1.807, 2.05) is 0 Å². The van der Waals surface area contributed by atoms with Crippen molar-refractivity contribution in [3.63, 3.8) is 0 Å². The summed E-state index contributed by atoms with van der Waals surface area (Å²) >= 11 is 0. The molecule has 1 aliphatic rings. The summed E-state index contributed by atoms with van der Waals surface area (Å²) in [4.78, 5) is 0. The zero-order valence-corrected chi connectivity index (χ0v) is 31.2. The topological polar surface area (TPSA) is 13.1 Å². The van der Waals surface area contributed by atoms with E-state index in [9.17, 15) is 0 Å². The summed E-state index contributed by atoms with van der Waals surface area (Å²) in [5, 5.41) is 12.0. The Morgan fingerprint density at radius 2 is 0.857 bits per heavy atom. The summed E-state index contributed by atoms with van der Waals surface area (Å²) in [6.07, 6.45) is 0. The lowest BCUT2D eigenvalue weighted by molar-refractivity contribution is 0.660. The Bertz CT molecular complexity index is 3390. The average molecular weight is 713 g/mol. The van der Waals surface area contributed by atoms with Crippen LogP contribution in [0, 0.1) is 0 Å². The molecule has 1 aromatic heterocycles. The van der Waals surface area contributed by atoms with Gasteiger partial charge in [0.2, 0.25) is 0 Å². The Labute approximate surface area is 325 Å². The fourth-order valence-corrected chi connectivity index (χ4v) is 10.1. The number of benzene rings is 10. The minimum absolute atomic E-state index is 0.0718. The van der Waals surface area contributed by atoms with Crippen LogP contribution in [-0.4, -0.2) is 0 Å². The van der Waals surface area contributed by atoms with Gasteiger partial charge in [-0.2, -0.15) is 0 Å². The summed E-state index contributed by atoms with van der Waals surface area (Å²) in [5.41, 5.74) is 14.8. The van der Waals surface area contributed by atoms with Crippen molar-refractivity contribution >= 4 is 65.0 Å². The molecule has 11 aromatic rings. The molecule has 0 saturated heterocycles. The minimum atomic E-state index is -0.0718. The Morgan fingerprint density at radius 3 is 1.62 bits per heavy atom. The lowest BCUT2D eigenvalue weighted by atomic mass is 9.80. The molecule has 0 N–H and O–H groups in total. The van der Waals surface area contributed by atoms with Crippen molar-refractivity contribution < 1.29 is 4.42 Å². The normalized spacial score (nSPS) is 13.3. The Morgan fingerprint density at radius 1 is 0.321 bits per heavy atom. The first kappa shape index (κ1) is 31.4. The van der Waals surface area contributed by atoms with Crippen molar-refractivity contribution in [2.75, 3.05) is 0 Å². The first-order valence-electron chi connectivity index (χ1n) is 19.6. The van der Waals surface area contributed by atoms with E-state index >= 15 is 0 Å². The zero-order valence-electron chi connectivity index (χ0n) is 31.2. The maximum Gasteiger partial charge on any atom is 0.143 e. The number of furan rings is 1. The molecule has 0 fully saturated rings. The quantitative estimate of drug-likeness (QED) is 0.166. The first-order chi connectivity index (χ1) is 27.6. The van der Waals surface area contributed by atoms with E-state index in [-0.39, 0.29) is 5.41 Å². The van der Waals surface area contributed by atoms with Gasteiger partial charge in [-0.05, 0) is 106 Å². The van der Waals surface area contributed by atoms with Gasteiger partial charge in [0, 0.05) is 27.0 Å². The van der Waals surface area contributed by atoms with Gasteiger partial charge < -0.3 is 4.42 Å². The fourth-order valence-electron chi connectivity index (χ4n) is 10.1. The van der Waals surface area contributed by atoms with E-state index in [2.05, 4.69) is 196 Å². The van der Waals surface area contributed by atoms with Crippen molar-refractivity contribution in [3.05, 3.63) is 193 Å². The zero-order chi connectivity index (χ0) is 37.1. The van der Waals surface area contributed by atoms with Crippen LogP contribution in [-0.2, 0) is 5.41 Å². The van der Waals surface area contributed by atoms with Crippen molar-refractivity contribution in [1.82, 2.24) is 0 Å².